The van der Waals surface area contributed by atoms with Gasteiger partial charge in [-0.3, -0.25) is 4.79 Å². The Bertz CT molecular complexity index is 1110. The van der Waals surface area contributed by atoms with E-state index in [2.05, 4.69) is 10.3 Å². The van der Waals surface area contributed by atoms with Crippen molar-refractivity contribution in [3.63, 3.8) is 0 Å². The highest BCUT2D eigenvalue weighted by Gasteiger charge is 2.25. The molecule has 2 aromatic heterocycles. The molecule has 0 saturated carbocycles. The third kappa shape index (κ3) is 4.21. The number of methoxy groups -OCH3 is 1. The van der Waals surface area contributed by atoms with E-state index in [9.17, 15) is 9.59 Å². The molecule has 1 aliphatic carbocycles. The number of carbonyl (C=O) groups is 2. The van der Waals surface area contributed by atoms with Crippen LogP contribution in [-0.2, 0) is 17.6 Å². The average Bonchev–Trinajstić information content (AvgIpc) is 3.35. The summed E-state index contributed by atoms with van der Waals surface area (Å²) in [5.41, 5.74) is 2.77. The highest BCUT2D eigenvalue weighted by Crippen LogP contribution is 2.40. The van der Waals surface area contributed by atoms with Gasteiger partial charge in [-0.1, -0.05) is 0 Å². The topological polar surface area (TPSA) is 80.9 Å². The van der Waals surface area contributed by atoms with Gasteiger partial charge in [-0.15, -0.1) is 11.3 Å². The van der Waals surface area contributed by atoms with Crippen LogP contribution in [-0.4, -0.2) is 25.2 Å². The molecule has 1 aromatic carbocycles. The molecule has 0 fully saturated rings. The molecule has 1 amide bonds. The molecule has 0 unspecified atom stereocenters. The summed E-state index contributed by atoms with van der Waals surface area (Å²) in [6.07, 6.45) is 5.71. The number of thiophene rings is 1. The molecule has 4 rings (SSSR count). The number of fused-ring (bicyclic) bond motifs is 1. The maximum atomic E-state index is 13.2. The zero-order valence-corrected chi connectivity index (χ0v) is 17.7. The van der Waals surface area contributed by atoms with Crippen LogP contribution in [0.5, 0.6) is 0 Å². The van der Waals surface area contributed by atoms with Crippen LogP contribution in [0.25, 0.3) is 0 Å². The van der Waals surface area contributed by atoms with Gasteiger partial charge < -0.3 is 14.5 Å². The van der Waals surface area contributed by atoms with Gasteiger partial charge >= 0.3 is 5.97 Å². The molecule has 1 N–H and O–H groups in total. The van der Waals surface area contributed by atoms with E-state index < -0.39 is 5.97 Å². The normalized spacial score (nSPS) is 13.3. The lowest BCUT2D eigenvalue weighted by molar-refractivity contribution is 0.0600. The quantitative estimate of drug-likeness (QED) is 0.446. The number of amides is 1. The number of nitrogens with zero attached hydrogens (tertiary/aromatic N) is 1. The van der Waals surface area contributed by atoms with Gasteiger partial charge in [-0.2, -0.15) is 0 Å². The number of nitrogens with one attached hydrogen (secondary N) is 1. The Balaban J connectivity index is 1.61. The Morgan fingerprint density at radius 3 is 2.60 bits per heavy atom. The lowest BCUT2D eigenvalue weighted by Crippen LogP contribution is -2.15. The molecule has 3 aromatic rings. The predicted molar refractivity (Wildman–Crippen MR) is 117 cm³/mol. The van der Waals surface area contributed by atoms with Crippen molar-refractivity contribution in [1.82, 2.24) is 0 Å². The molecule has 0 radical (unpaired) electrons. The van der Waals surface area contributed by atoms with Gasteiger partial charge in [0.1, 0.15) is 16.5 Å². The number of hydrogen-bond acceptors (Lipinski definition) is 6. The maximum Gasteiger partial charge on any atom is 0.337 e. The van der Waals surface area contributed by atoms with Gasteiger partial charge in [-0.25, -0.2) is 9.79 Å². The van der Waals surface area contributed by atoms with Gasteiger partial charge in [0.2, 0.25) is 0 Å². The number of aliphatic imine (C=N–C) groups is 1. The van der Waals surface area contributed by atoms with E-state index in [0.29, 0.717) is 27.6 Å². The molecule has 154 valence electrons. The number of rotatable bonds is 5. The van der Waals surface area contributed by atoms with E-state index in [1.54, 1.807) is 41.8 Å². The van der Waals surface area contributed by atoms with E-state index >= 15 is 0 Å². The van der Waals surface area contributed by atoms with E-state index in [1.807, 2.05) is 19.1 Å². The number of anilines is 1. The lowest BCUT2D eigenvalue weighted by Gasteiger charge is -2.13. The van der Waals surface area contributed by atoms with Crippen LogP contribution in [0, 0.1) is 6.92 Å². The minimum Gasteiger partial charge on any atom is -0.465 e. The molecule has 7 heteroatoms. The standard InChI is InChI=1S/C23H22N2O4S/c1-14-7-12-17(29-14)13-24-22-20(18-5-3-4-6-19(18)30-22)21(26)25-16-10-8-15(9-11-16)23(27)28-2/h7-13H,3-6H2,1-2H3,(H,25,26)/b24-13+. The molecular weight excluding hydrogens is 400 g/mol. The summed E-state index contributed by atoms with van der Waals surface area (Å²) in [5, 5.41) is 3.63. The van der Waals surface area contributed by atoms with Crippen LogP contribution < -0.4 is 5.32 Å². The number of esters is 1. The van der Waals surface area contributed by atoms with Gasteiger partial charge in [0.05, 0.1) is 24.5 Å². The van der Waals surface area contributed by atoms with Crippen LogP contribution in [0.1, 0.15) is 55.5 Å². The van der Waals surface area contributed by atoms with Crippen LogP contribution in [0.2, 0.25) is 0 Å². The Hall–Kier alpha value is -3.19. The number of aryl methyl sites for hydroxylation is 2. The Labute approximate surface area is 178 Å². The molecule has 0 atom stereocenters. The van der Waals surface area contributed by atoms with Crippen LogP contribution in [0.3, 0.4) is 0 Å². The second-order valence-electron chi connectivity index (χ2n) is 7.12. The Morgan fingerprint density at radius 2 is 1.90 bits per heavy atom. The van der Waals surface area contributed by atoms with Crippen molar-refractivity contribution < 1.29 is 18.7 Å². The molecule has 30 heavy (non-hydrogen) atoms. The molecule has 0 saturated heterocycles. The smallest absolute Gasteiger partial charge is 0.337 e. The lowest BCUT2D eigenvalue weighted by atomic mass is 9.95. The van der Waals surface area contributed by atoms with Gasteiger partial charge in [0.15, 0.2) is 0 Å². The molecule has 0 bridgehead atoms. The number of furan rings is 1. The van der Waals surface area contributed by atoms with Crippen molar-refractivity contribution in [1.29, 1.82) is 0 Å². The fraction of sp³-hybridized carbons (Fsp3) is 0.261. The van der Waals surface area contributed by atoms with E-state index in [0.717, 1.165) is 37.0 Å². The van der Waals surface area contributed by atoms with Crippen molar-refractivity contribution in [2.75, 3.05) is 12.4 Å². The first-order valence-electron chi connectivity index (χ1n) is 9.80. The van der Waals surface area contributed by atoms with Crippen molar-refractivity contribution in [2.45, 2.75) is 32.6 Å². The number of benzene rings is 1. The minimum atomic E-state index is -0.412. The van der Waals surface area contributed by atoms with Crippen molar-refractivity contribution >= 4 is 40.1 Å². The molecule has 6 nitrogen and oxygen atoms in total. The highest BCUT2D eigenvalue weighted by atomic mass is 32.1. The highest BCUT2D eigenvalue weighted by molar-refractivity contribution is 7.16. The second-order valence-corrected chi connectivity index (χ2v) is 8.20. The summed E-state index contributed by atoms with van der Waals surface area (Å²) in [7, 11) is 1.34. The molecule has 1 aliphatic rings. The SMILES string of the molecule is COC(=O)c1ccc(NC(=O)c2c(/N=C/c3ccc(C)o3)sc3c2CCCC3)cc1. The summed E-state index contributed by atoms with van der Waals surface area (Å²) < 4.78 is 10.3. The van der Waals surface area contributed by atoms with Crippen molar-refractivity contribution in [3.8, 4) is 0 Å². The second kappa shape index (κ2) is 8.67. The van der Waals surface area contributed by atoms with Crippen LogP contribution >= 0.6 is 11.3 Å². The first-order chi connectivity index (χ1) is 14.5. The van der Waals surface area contributed by atoms with Crippen molar-refractivity contribution in [2.24, 2.45) is 4.99 Å². The fourth-order valence-corrected chi connectivity index (χ4v) is 4.75. The van der Waals surface area contributed by atoms with Crippen LogP contribution in [0.15, 0.2) is 45.8 Å². The predicted octanol–water partition coefficient (Wildman–Crippen LogP) is 5.32. The van der Waals surface area contributed by atoms with Crippen LogP contribution in [0.4, 0.5) is 10.7 Å². The summed E-state index contributed by atoms with van der Waals surface area (Å²) in [4.78, 5) is 30.6. The largest absolute Gasteiger partial charge is 0.465 e. The van der Waals surface area contributed by atoms with Crippen molar-refractivity contribution in [3.05, 3.63) is 69.5 Å². The van der Waals surface area contributed by atoms with E-state index in [-0.39, 0.29) is 5.91 Å². The zero-order chi connectivity index (χ0) is 21.1. The molecule has 0 spiro atoms. The molecule has 2 heterocycles. The van der Waals surface area contributed by atoms with Gasteiger partial charge in [0.25, 0.3) is 5.91 Å². The first-order valence-corrected chi connectivity index (χ1v) is 10.6. The molecular formula is C23H22N2O4S. The third-order valence-electron chi connectivity index (χ3n) is 5.01. The fourth-order valence-electron chi connectivity index (χ4n) is 3.52. The number of hydrogen-bond donors (Lipinski definition) is 1. The monoisotopic (exact) mass is 422 g/mol. The summed E-state index contributed by atoms with van der Waals surface area (Å²) in [6.45, 7) is 1.88. The maximum absolute atomic E-state index is 13.2. The van der Waals surface area contributed by atoms with Gasteiger partial charge in [-0.05, 0) is 74.6 Å². The summed E-state index contributed by atoms with van der Waals surface area (Å²) >= 11 is 1.57. The zero-order valence-electron chi connectivity index (χ0n) is 16.9. The number of ether oxygens (including phenoxy) is 1. The minimum absolute atomic E-state index is 0.192. The van der Waals surface area contributed by atoms with Gasteiger partial charge in [0, 0.05) is 10.6 Å². The Morgan fingerprint density at radius 1 is 1.13 bits per heavy atom. The average molecular weight is 423 g/mol. The Kier molecular flexibility index (Phi) is 5.81. The van der Waals surface area contributed by atoms with E-state index in [1.165, 1.54) is 12.0 Å². The summed E-state index contributed by atoms with van der Waals surface area (Å²) in [5.74, 6) is 0.867. The van der Waals surface area contributed by atoms with E-state index in [4.69, 9.17) is 9.15 Å². The first kappa shape index (κ1) is 20.1. The third-order valence-corrected chi connectivity index (χ3v) is 6.21. The molecule has 0 aliphatic heterocycles. The number of carbonyl (C=O) groups excluding carboxylic acids is 2. The summed E-state index contributed by atoms with van der Waals surface area (Å²) in [6, 6.07) is 10.4.